The Hall–Kier alpha value is -0.570. The molecule has 1 saturated carbocycles. The van der Waals surface area contributed by atoms with Crippen molar-refractivity contribution in [3.63, 3.8) is 0 Å². The van der Waals surface area contributed by atoms with Gasteiger partial charge in [-0.1, -0.05) is 19.3 Å². The van der Waals surface area contributed by atoms with E-state index in [9.17, 15) is 4.79 Å². The highest BCUT2D eigenvalue weighted by Crippen LogP contribution is 2.39. The van der Waals surface area contributed by atoms with E-state index in [2.05, 4.69) is 26.1 Å². The number of nitrogens with two attached hydrogens (primary N) is 1. The number of ether oxygens (including phenoxy) is 1. The number of hydrogen-bond acceptors (Lipinski definition) is 2. The summed E-state index contributed by atoms with van der Waals surface area (Å²) in [4.78, 5) is 12.5. The predicted molar refractivity (Wildman–Crippen MR) is 75.7 cm³/mol. The van der Waals surface area contributed by atoms with Gasteiger partial charge in [0.05, 0.1) is 18.5 Å². The molecule has 0 spiro atoms. The zero-order valence-electron chi connectivity index (χ0n) is 12.8. The average molecular weight is 268 g/mol. The Labute approximate surface area is 117 Å². The SMILES string of the molecule is CC1(C(=O)OC(C)(C)C2CC[NH2+]CC2)CCCCC1. The second-order valence-electron chi connectivity index (χ2n) is 7.25. The second kappa shape index (κ2) is 5.82. The van der Waals surface area contributed by atoms with Gasteiger partial charge in [-0.3, -0.25) is 4.79 Å². The Bertz CT molecular complexity index is 313. The fraction of sp³-hybridized carbons (Fsp3) is 0.938. The maximum absolute atomic E-state index is 12.5. The summed E-state index contributed by atoms with van der Waals surface area (Å²) in [5, 5.41) is 2.36. The number of rotatable bonds is 3. The lowest BCUT2D eigenvalue weighted by Crippen LogP contribution is -2.86. The number of esters is 1. The van der Waals surface area contributed by atoms with Crippen molar-refractivity contribution in [2.24, 2.45) is 11.3 Å². The summed E-state index contributed by atoms with van der Waals surface area (Å²) in [6, 6.07) is 0. The van der Waals surface area contributed by atoms with Crippen LogP contribution in [-0.4, -0.2) is 24.7 Å². The topological polar surface area (TPSA) is 42.9 Å². The van der Waals surface area contributed by atoms with Gasteiger partial charge >= 0.3 is 5.97 Å². The molecule has 0 atom stereocenters. The largest absolute Gasteiger partial charge is 0.459 e. The summed E-state index contributed by atoms with van der Waals surface area (Å²) in [6.45, 7) is 8.64. The van der Waals surface area contributed by atoms with Crippen molar-refractivity contribution in [2.45, 2.75) is 71.3 Å². The molecule has 3 nitrogen and oxygen atoms in total. The number of carbonyl (C=O) groups excluding carboxylic acids is 1. The van der Waals surface area contributed by atoms with Crippen LogP contribution in [-0.2, 0) is 9.53 Å². The van der Waals surface area contributed by atoms with Crippen molar-refractivity contribution in [1.82, 2.24) is 0 Å². The highest BCUT2D eigenvalue weighted by molar-refractivity contribution is 5.76. The molecule has 0 bridgehead atoms. The van der Waals surface area contributed by atoms with Gasteiger partial charge in [-0.15, -0.1) is 0 Å². The van der Waals surface area contributed by atoms with Gasteiger partial charge in [0, 0.05) is 18.8 Å². The molecule has 0 unspecified atom stereocenters. The zero-order chi connectivity index (χ0) is 13.9. The maximum atomic E-state index is 12.5. The minimum atomic E-state index is -0.300. The van der Waals surface area contributed by atoms with E-state index in [1.54, 1.807) is 0 Å². The first-order chi connectivity index (χ1) is 8.94. The van der Waals surface area contributed by atoms with Gasteiger partial charge in [0.2, 0.25) is 0 Å². The number of quaternary nitrogens is 1. The highest BCUT2D eigenvalue weighted by atomic mass is 16.6. The Morgan fingerprint density at radius 3 is 2.32 bits per heavy atom. The zero-order valence-corrected chi connectivity index (χ0v) is 12.8. The molecule has 1 aliphatic heterocycles. The van der Waals surface area contributed by atoms with Gasteiger partial charge in [-0.25, -0.2) is 0 Å². The van der Waals surface area contributed by atoms with Gasteiger partial charge in [0.15, 0.2) is 0 Å². The normalized spacial score (nSPS) is 25.0. The number of hydrogen-bond donors (Lipinski definition) is 1. The highest BCUT2D eigenvalue weighted by Gasteiger charge is 2.42. The lowest BCUT2D eigenvalue weighted by molar-refractivity contribution is -0.665. The van der Waals surface area contributed by atoms with Crippen molar-refractivity contribution in [3.05, 3.63) is 0 Å². The lowest BCUT2D eigenvalue weighted by atomic mass is 9.75. The second-order valence-corrected chi connectivity index (χ2v) is 7.25. The van der Waals surface area contributed by atoms with E-state index < -0.39 is 0 Å². The summed E-state index contributed by atoms with van der Waals surface area (Å²) in [5.41, 5.74) is -0.526. The standard InChI is InChI=1S/C16H29NO2/c1-15(2,13-7-11-17-12-8-13)19-14(18)16(3)9-5-4-6-10-16/h13,17H,4-12H2,1-3H3/p+1. The Morgan fingerprint density at radius 2 is 1.74 bits per heavy atom. The van der Waals surface area contributed by atoms with Crippen molar-refractivity contribution in [3.8, 4) is 0 Å². The lowest BCUT2D eigenvalue weighted by Gasteiger charge is -2.39. The molecule has 2 aliphatic rings. The van der Waals surface area contributed by atoms with Crippen LogP contribution in [0.4, 0.5) is 0 Å². The van der Waals surface area contributed by atoms with Gasteiger partial charge in [0.25, 0.3) is 0 Å². The first-order valence-corrected chi connectivity index (χ1v) is 7.99. The molecule has 0 aromatic heterocycles. The third-order valence-corrected chi connectivity index (χ3v) is 5.23. The molecule has 19 heavy (non-hydrogen) atoms. The van der Waals surface area contributed by atoms with Crippen LogP contribution in [0.5, 0.6) is 0 Å². The van der Waals surface area contributed by atoms with Crippen LogP contribution in [0.1, 0.15) is 65.7 Å². The molecule has 1 saturated heterocycles. The Balaban J connectivity index is 1.96. The van der Waals surface area contributed by atoms with Crippen LogP contribution >= 0.6 is 0 Å². The summed E-state index contributed by atoms with van der Waals surface area (Å²) in [7, 11) is 0. The summed E-state index contributed by atoms with van der Waals surface area (Å²) >= 11 is 0. The minimum absolute atomic E-state index is 0.0479. The van der Waals surface area contributed by atoms with E-state index in [1.165, 1.54) is 32.4 Å². The fourth-order valence-corrected chi connectivity index (χ4v) is 3.60. The van der Waals surface area contributed by atoms with Crippen molar-refractivity contribution in [2.75, 3.05) is 13.1 Å². The average Bonchev–Trinajstić information content (AvgIpc) is 2.40. The van der Waals surface area contributed by atoms with Crippen LogP contribution in [0.2, 0.25) is 0 Å². The molecule has 2 fully saturated rings. The van der Waals surface area contributed by atoms with Crippen LogP contribution in [0.3, 0.4) is 0 Å². The summed E-state index contributed by atoms with van der Waals surface area (Å²) in [6.07, 6.45) is 7.94. The van der Waals surface area contributed by atoms with Crippen LogP contribution in [0.15, 0.2) is 0 Å². The molecule has 0 amide bonds. The van der Waals surface area contributed by atoms with E-state index in [-0.39, 0.29) is 17.0 Å². The third-order valence-electron chi connectivity index (χ3n) is 5.23. The molecular formula is C16H30NO2+. The first-order valence-electron chi connectivity index (χ1n) is 7.99. The molecule has 0 radical (unpaired) electrons. The summed E-state index contributed by atoms with van der Waals surface area (Å²) < 4.78 is 5.97. The van der Waals surface area contributed by atoms with E-state index >= 15 is 0 Å². The Kier molecular flexibility index (Phi) is 4.54. The Morgan fingerprint density at radius 1 is 1.16 bits per heavy atom. The molecule has 0 aromatic carbocycles. The molecule has 1 heterocycles. The smallest absolute Gasteiger partial charge is 0.312 e. The molecule has 110 valence electrons. The number of carbonyl (C=O) groups is 1. The molecule has 3 heteroatoms. The number of piperidine rings is 1. The van der Waals surface area contributed by atoms with Crippen molar-refractivity contribution < 1.29 is 14.8 Å². The van der Waals surface area contributed by atoms with Crippen molar-refractivity contribution >= 4 is 5.97 Å². The van der Waals surface area contributed by atoms with Gasteiger partial charge < -0.3 is 10.1 Å². The van der Waals surface area contributed by atoms with E-state index in [1.807, 2.05) is 0 Å². The van der Waals surface area contributed by atoms with Gasteiger partial charge in [0.1, 0.15) is 5.60 Å². The van der Waals surface area contributed by atoms with E-state index in [4.69, 9.17) is 4.74 Å². The molecular weight excluding hydrogens is 238 g/mol. The van der Waals surface area contributed by atoms with Crippen LogP contribution < -0.4 is 5.32 Å². The molecule has 0 aromatic rings. The summed E-state index contributed by atoms with van der Waals surface area (Å²) in [5.74, 6) is 0.570. The van der Waals surface area contributed by atoms with Gasteiger partial charge in [-0.05, 0) is 33.6 Å². The minimum Gasteiger partial charge on any atom is -0.459 e. The first kappa shape index (κ1) is 14.8. The van der Waals surface area contributed by atoms with Crippen molar-refractivity contribution in [1.29, 1.82) is 0 Å². The quantitative estimate of drug-likeness (QED) is 0.798. The van der Waals surface area contributed by atoms with Crippen LogP contribution in [0, 0.1) is 11.3 Å². The van der Waals surface area contributed by atoms with E-state index in [0.717, 1.165) is 25.7 Å². The molecule has 2 rings (SSSR count). The molecule has 2 N–H and O–H groups in total. The monoisotopic (exact) mass is 268 g/mol. The predicted octanol–water partition coefficient (Wildman–Crippen LogP) is 2.25. The van der Waals surface area contributed by atoms with Gasteiger partial charge in [-0.2, -0.15) is 0 Å². The van der Waals surface area contributed by atoms with E-state index in [0.29, 0.717) is 5.92 Å². The molecule has 1 aliphatic carbocycles. The van der Waals surface area contributed by atoms with Crippen LogP contribution in [0.25, 0.3) is 0 Å². The fourth-order valence-electron chi connectivity index (χ4n) is 3.60. The maximum Gasteiger partial charge on any atom is 0.312 e. The third kappa shape index (κ3) is 3.50.